The first-order chi connectivity index (χ1) is 17.6. The zero-order valence-corrected chi connectivity index (χ0v) is 23.0. The van der Waals surface area contributed by atoms with Gasteiger partial charge in [-0.05, 0) is 45.0 Å². The van der Waals surface area contributed by atoms with Gasteiger partial charge in [0.15, 0.2) is 0 Å². The minimum Gasteiger partial charge on any atom is -0.497 e. The van der Waals surface area contributed by atoms with Gasteiger partial charge in [0.1, 0.15) is 18.0 Å². The van der Waals surface area contributed by atoms with E-state index < -0.39 is 11.6 Å². The smallest absolute Gasteiger partial charge is 0.318 e. The Kier molecular flexibility index (Phi) is 9.39. The highest BCUT2D eigenvalue weighted by molar-refractivity contribution is 6.34. The molecule has 0 radical (unpaired) electrons. The molecule has 37 heavy (non-hydrogen) atoms. The molecule has 1 heterocycles. The lowest BCUT2D eigenvalue weighted by Gasteiger charge is -2.30. The number of nitrogens with zero attached hydrogens (tertiary/aromatic N) is 3. The second-order valence-electron chi connectivity index (χ2n) is 9.69. The lowest BCUT2D eigenvalue weighted by atomic mass is 9.97. The van der Waals surface area contributed by atoms with Gasteiger partial charge >= 0.3 is 6.03 Å². The quantitative estimate of drug-likeness (QED) is 0.515. The van der Waals surface area contributed by atoms with E-state index in [0.29, 0.717) is 28.7 Å². The normalized spacial score (nSPS) is 15.3. The van der Waals surface area contributed by atoms with Crippen LogP contribution in [-0.2, 0) is 9.53 Å². The fourth-order valence-electron chi connectivity index (χ4n) is 4.03. The zero-order chi connectivity index (χ0) is 27.2. The lowest BCUT2D eigenvalue weighted by Crippen LogP contribution is -2.52. The second kappa shape index (κ2) is 12.3. The van der Waals surface area contributed by atoms with Crippen LogP contribution in [0.15, 0.2) is 47.6 Å². The molecule has 1 atom stereocenters. The summed E-state index contributed by atoms with van der Waals surface area (Å²) in [5.74, 6) is 0.874. The summed E-state index contributed by atoms with van der Waals surface area (Å²) in [6.45, 7) is 5.98. The molecule has 9 nitrogen and oxygen atoms in total. The number of methoxy groups -OCH3 is 3. The van der Waals surface area contributed by atoms with Crippen LogP contribution in [0.3, 0.4) is 0 Å². The summed E-state index contributed by atoms with van der Waals surface area (Å²) < 4.78 is 16.2. The fraction of sp³-hybridized carbons (Fsp3) is 0.444. The molecule has 2 aromatic carbocycles. The molecule has 0 saturated carbocycles. The Balaban J connectivity index is 1.99. The standard InChI is InChI=1S/C27H35ClN4O5/c1-27(2,3)29-26(34)31(13-14-35-4)17-25(33)32-23(20-15-18(36-5)11-12-24(20)37-6)16-22(30-32)19-9-7-8-10-21(19)28/h7-12,15,23H,13-14,16-17H2,1-6H3,(H,29,34). The molecule has 2 aromatic rings. The molecular weight excluding hydrogens is 496 g/mol. The molecule has 0 aromatic heterocycles. The molecule has 0 saturated heterocycles. The van der Waals surface area contributed by atoms with Crippen LogP contribution < -0.4 is 14.8 Å². The first-order valence-electron chi connectivity index (χ1n) is 12.0. The molecule has 1 unspecified atom stereocenters. The van der Waals surface area contributed by atoms with Gasteiger partial charge in [0.25, 0.3) is 5.91 Å². The monoisotopic (exact) mass is 530 g/mol. The number of urea groups is 1. The van der Waals surface area contributed by atoms with Gasteiger partial charge < -0.3 is 24.4 Å². The average Bonchev–Trinajstić information content (AvgIpc) is 3.30. The number of rotatable bonds is 9. The predicted octanol–water partition coefficient (Wildman–Crippen LogP) is 4.49. The minimum absolute atomic E-state index is 0.187. The van der Waals surface area contributed by atoms with Crippen molar-refractivity contribution in [3.05, 3.63) is 58.6 Å². The van der Waals surface area contributed by atoms with Crippen LogP contribution in [-0.4, -0.2) is 74.1 Å². The number of hydrogen-bond acceptors (Lipinski definition) is 6. The van der Waals surface area contributed by atoms with Crippen molar-refractivity contribution in [2.75, 3.05) is 41.0 Å². The third kappa shape index (κ3) is 7.14. The Bertz CT molecular complexity index is 1150. The topological polar surface area (TPSA) is 92.7 Å². The Morgan fingerprint density at radius 1 is 1.14 bits per heavy atom. The van der Waals surface area contributed by atoms with Gasteiger partial charge in [-0.1, -0.05) is 29.8 Å². The molecule has 200 valence electrons. The molecular formula is C27H35ClN4O5. The summed E-state index contributed by atoms with van der Waals surface area (Å²) in [5.41, 5.74) is 1.68. The highest BCUT2D eigenvalue weighted by Gasteiger charge is 2.37. The van der Waals surface area contributed by atoms with Crippen molar-refractivity contribution in [1.29, 1.82) is 0 Å². The van der Waals surface area contributed by atoms with Gasteiger partial charge in [0.2, 0.25) is 0 Å². The van der Waals surface area contributed by atoms with E-state index >= 15 is 0 Å². The Morgan fingerprint density at radius 3 is 2.49 bits per heavy atom. The van der Waals surface area contributed by atoms with Gasteiger partial charge in [-0.15, -0.1) is 0 Å². The van der Waals surface area contributed by atoms with Crippen molar-refractivity contribution in [3.8, 4) is 11.5 Å². The van der Waals surface area contributed by atoms with Gasteiger partial charge in [0.05, 0.1) is 32.6 Å². The number of amides is 3. The number of hydrazone groups is 1. The van der Waals surface area contributed by atoms with E-state index in [4.69, 9.17) is 30.9 Å². The Morgan fingerprint density at radius 2 is 1.86 bits per heavy atom. The summed E-state index contributed by atoms with van der Waals surface area (Å²) in [6.07, 6.45) is 0.408. The number of ether oxygens (including phenoxy) is 3. The summed E-state index contributed by atoms with van der Waals surface area (Å²) in [7, 11) is 4.70. The number of benzene rings is 2. The van der Waals surface area contributed by atoms with Gasteiger partial charge in [-0.3, -0.25) is 4.79 Å². The summed E-state index contributed by atoms with van der Waals surface area (Å²) in [5, 5.41) is 9.58. The molecule has 1 aliphatic heterocycles. The van der Waals surface area contributed by atoms with Crippen LogP contribution >= 0.6 is 11.6 Å². The van der Waals surface area contributed by atoms with Crippen molar-refractivity contribution < 1.29 is 23.8 Å². The van der Waals surface area contributed by atoms with Gasteiger partial charge in [0, 0.05) is 41.8 Å². The molecule has 3 rings (SSSR count). The Hall–Kier alpha value is -3.30. The lowest BCUT2D eigenvalue weighted by molar-refractivity contribution is -0.133. The van der Waals surface area contributed by atoms with E-state index in [1.807, 2.05) is 45.0 Å². The second-order valence-corrected chi connectivity index (χ2v) is 10.1. The number of halogens is 1. The van der Waals surface area contributed by atoms with Crippen LogP contribution in [0.25, 0.3) is 0 Å². The molecule has 0 bridgehead atoms. The van der Waals surface area contributed by atoms with Crippen molar-refractivity contribution in [1.82, 2.24) is 15.2 Å². The SMILES string of the molecule is COCCN(CC(=O)N1N=C(c2ccccc2Cl)CC1c1cc(OC)ccc1OC)C(=O)NC(C)(C)C. The van der Waals surface area contributed by atoms with E-state index in [2.05, 4.69) is 5.32 Å². The van der Waals surface area contributed by atoms with Crippen molar-refractivity contribution in [2.24, 2.45) is 5.10 Å². The largest absolute Gasteiger partial charge is 0.497 e. The third-order valence-corrected chi connectivity index (χ3v) is 6.14. The van der Waals surface area contributed by atoms with Crippen LogP contribution in [0.4, 0.5) is 4.79 Å². The van der Waals surface area contributed by atoms with Crippen molar-refractivity contribution >= 4 is 29.3 Å². The number of nitrogens with one attached hydrogen (secondary N) is 1. The predicted molar refractivity (Wildman–Crippen MR) is 143 cm³/mol. The first-order valence-corrected chi connectivity index (χ1v) is 12.4. The molecule has 0 spiro atoms. The summed E-state index contributed by atoms with van der Waals surface area (Å²) in [4.78, 5) is 28.2. The van der Waals surface area contributed by atoms with E-state index in [0.717, 1.165) is 11.1 Å². The maximum atomic E-state index is 13.7. The van der Waals surface area contributed by atoms with Crippen LogP contribution in [0.5, 0.6) is 11.5 Å². The molecule has 0 fully saturated rings. The van der Waals surface area contributed by atoms with E-state index in [1.54, 1.807) is 39.5 Å². The number of hydrogen-bond donors (Lipinski definition) is 1. The van der Waals surface area contributed by atoms with Crippen LogP contribution in [0.1, 0.15) is 44.4 Å². The third-order valence-electron chi connectivity index (χ3n) is 5.81. The first kappa shape index (κ1) is 28.3. The van der Waals surface area contributed by atoms with Crippen molar-refractivity contribution in [2.45, 2.75) is 38.8 Å². The average molecular weight is 531 g/mol. The highest BCUT2D eigenvalue weighted by Crippen LogP contribution is 2.40. The Labute approximate surface area is 223 Å². The molecule has 1 N–H and O–H groups in total. The summed E-state index contributed by atoms with van der Waals surface area (Å²) >= 11 is 6.47. The van der Waals surface area contributed by atoms with E-state index in [9.17, 15) is 9.59 Å². The number of carbonyl (C=O) groups excluding carboxylic acids is 2. The highest BCUT2D eigenvalue weighted by atomic mass is 35.5. The maximum Gasteiger partial charge on any atom is 0.318 e. The fourth-order valence-corrected chi connectivity index (χ4v) is 4.27. The molecule has 1 aliphatic rings. The molecule has 3 amide bonds. The van der Waals surface area contributed by atoms with Gasteiger partial charge in [-0.2, -0.15) is 5.10 Å². The molecule has 0 aliphatic carbocycles. The van der Waals surface area contributed by atoms with E-state index in [-0.39, 0.29) is 31.6 Å². The number of carbonyl (C=O) groups is 2. The van der Waals surface area contributed by atoms with E-state index in [1.165, 1.54) is 9.91 Å². The molecule has 10 heteroatoms. The zero-order valence-electron chi connectivity index (χ0n) is 22.2. The maximum absolute atomic E-state index is 13.7. The summed E-state index contributed by atoms with van der Waals surface area (Å²) in [6, 6.07) is 12.0. The van der Waals surface area contributed by atoms with Crippen LogP contribution in [0.2, 0.25) is 5.02 Å². The van der Waals surface area contributed by atoms with Crippen molar-refractivity contribution in [3.63, 3.8) is 0 Å². The van der Waals surface area contributed by atoms with Gasteiger partial charge in [-0.25, -0.2) is 9.80 Å². The van der Waals surface area contributed by atoms with Crippen LogP contribution in [0, 0.1) is 0 Å². The minimum atomic E-state index is -0.487.